The zero-order chi connectivity index (χ0) is 67.6. The highest BCUT2D eigenvalue weighted by molar-refractivity contribution is 14.1. The Bertz CT molecular complexity index is 2360. The number of carbonyl (C=O) groups is 2. The number of ether oxygens (including phenoxy) is 6. The second-order valence-corrected chi connectivity index (χ2v) is 59.8. The lowest BCUT2D eigenvalue weighted by atomic mass is 9.81. The van der Waals surface area contributed by atoms with Gasteiger partial charge in [-0.05, 0) is 163 Å². The maximum atomic E-state index is 15.4. The lowest BCUT2D eigenvalue weighted by Crippen LogP contribution is -2.69. The van der Waals surface area contributed by atoms with Gasteiger partial charge in [0.2, 0.25) is 0 Å². The molecule has 0 N–H and O–H groups in total. The number of hydrogen-bond donors (Lipinski definition) is 0. The third-order valence-corrected chi connectivity index (χ3v) is 46.1. The van der Waals surface area contributed by atoms with Crippen molar-refractivity contribution in [2.75, 3.05) is 13.7 Å². The first-order valence-electron chi connectivity index (χ1n) is 34.2. The summed E-state index contributed by atoms with van der Waals surface area (Å²) in [6, 6.07) is 0. The number of methoxy groups -OCH3 is 1. The Hall–Kier alpha value is -0.0656. The largest absolute Gasteiger partial charge is 0.414 e. The predicted octanol–water partition coefficient (Wildman–Crippen LogP) is 18.2. The highest BCUT2D eigenvalue weighted by Gasteiger charge is 2.59. The van der Waals surface area contributed by atoms with E-state index < -0.39 is 72.1 Å². The van der Waals surface area contributed by atoms with Gasteiger partial charge in [-0.3, -0.25) is 4.79 Å². The maximum absolute atomic E-state index is 15.4. The van der Waals surface area contributed by atoms with Crippen molar-refractivity contribution in [3.63, 3.8) is 0 Å². The third kappa shape index (κ3) is 20.5. The molecule has 0 aromatic heterocycles. The molecular weight excluding hydrogens is 1320 g/mol. The summed E-state index contributed by atoms with van der Waals surface area (Å²) in [4.78, 5) is 26.6. The van der Waals surface area contributed by atoms with E-state index in [1.807, 2.05) is 0 Å². The summed E-state index contributed by atoms with van der Waals surface area (Å²) in [5.41, 5.74) is 2.15. The fourth-order valence-electron chi connectivity index (χ4n) is 12.2. The highest BCUT2D eigenvalue weighted by atomic mass is 127. The Kier molecular flexibility index (Phi) is 27.5. The van der Waals surface area contributed by atoms with Crippen molar-refractivity contribution < 1.29 is 60.1 Å². The van der Waals surface area contributed by atoms with Crippen LogP contribution in [0.25, 0.3) is 0 Å². The molecule has 516 valence electrons. The standard InChI is InChI=1S/C70H131IO13Si5/c1-46-39-51(32-34-55-47(2)40-50(76-55)31-30-38-72)77-58(48(46)3)44-59-54(61(74-19)60(79-59)43-53(81-86(22,23)67(7,8)9)45-75-85(20,21)66(4,5)6)42-49(73)41-52-33-35-56-62(78-52)64(83-88(26,27)69(13,14)15)65(84-89(28,29)70(16,17)18)63(80-56)57(36-37-71)82-87(24,25)68(10,11)12/h36-38,46,50-65H,2-3,30-35,39-45H2,1,4-29H3/t46-,50+,51+,52?,53+,54+,55?,56+,57+,58?,59+,60-,61-,62+,63+,64+,65-/m1/s1. The van der Waals surface area contributed by atoms with Gasteiger partial charge in [-0.2, -0.15) is 0 Å². The topological polar surface area (TPSA) is 136 Å². The van der Waals surface area contributed by atoms with Crippen LogP contribution in [0.1, 0.15) is 188 Å². The van der Waals surface area contributed by atoms with E-state index in [0.29, 0.717) is 38.7 Å². The fraction of sp³-hybridized carbons (Fsp3) is 0.886. The van der Waals surface area contributed by atoms with Crippen LogP contribution < -0.4 is 0 Å². The molecule has 0 amide bonds. The number of hydrogen-bond acceptors (Lipinski definition) is 13. The van der Waals surface area contributed by atoms with Gasteiger partial charge in [0.05, 0.1) is 73.8 Å². The van der Waals surface area contributed by atoms with E-state index in [1.165, 1.54) is 0 Å². The van der Waals surface area contributed by atoms with E-state index >= 15 is 4.79 Å². The molecule has 5 fully saturated rings. The van der Waals surface area contributed by atoms with Gasteiger partial charge < -0.3 is 55.3 Å². The first-order chi connectivity index (χ1) is 40.5. The van der Waals surface area contributed by atoms with Crippen LogP contribution in [-0.4, -0.2) is 159 Å². The molecule has 5 aliphatic rings. The molecule has 0 aromatic carbocycles. The van der Waals surface area contributed by atoms with E-state index in [9.17, 15) is 4.79 Å². The molecule has 5 aliphatic heterocycles. The first kappa shape index (κ1) is 79.6. The molecule has 5 saturated heterocycles. The summed E-state index contributed by atoms with van der Waals surface area (Å²) in [5, 5.41) is -0.270. The summed E-state index contributed by atoms with van der Waals surface area (Å²) >= 11 is 2.32. The van der Waals surface area contributed by atoms with Gasteiger partial charge in [0.25, 0.3) is 0 Å². The minimum Gasteiger partial charge on any atom is -0.414 e. The van der Waals surface area contributed by atoms with E-state index in [-0.39, 0.29) is 117 Å². The summed E-state index contributed by atoms with van der Waals surface area (Å²) < 4.78 is 81.7. The minimum atomic E-state index is -2.50. The van der Waals surface area contributed by atoms with Crippen molar-refractivity contribution in [3.05, 3.63) is 34.5 Å². The van der Waals surface area contributed by atoms with E-state index in [0.717, 1.165) is 49.5 Å². The van der Waals surface area contributed by atoms with Gasteiger partial charge in [-0.25, -0.2) is 0 Å². The van der Waals surface area contributed by atoms with E-state index in [1.54, 1.807) is 7.11 Å². The number of Topliss-reactive ketones (excluding diaryl/α,β-unsaturated/α-hetero) is 1. The molecule has 19 heteroatoms. The van der Waals surface area contributed by atoms with Crippen molar-refractivity contribution >= 4 is 76.2 Å². The number of halogens is 1. The van der Waals surface area contributed by atoms with Crippen LogP contribution in [0.4, 0.5) is 0 Å². The first-order valence-corrected chi connectivity index (χ1v) is 50.0. The molecule has 5 heterocycles. The lowest BCUT2D eigenvalue weighted by Gasteiger charge is -2.56. The number of aldehydes is 1. The molecule has 0 spiro atoms. The molecule has 0 aromatic rings. The third-order valence-electron chi connectivity index (χ3n) is 23.2. The van der Waals surface area contributed by atoms with Gasteiger partial charge >= 0.3 is 0 Å². The Morgan fingerprint density at radius 2 is 1.18 bits per heavy atom. The van der Waals surface area contributed by atoms with Crippen molar-refractivity contribution in [1.82, 2.24) is 0 Å². The van der Waals surface area contributed by atoms with Gasteiger partial charge in [0.15, 0.2) is 41.6 Å². The smallest absolute Gasteiger partial charge is 0.193 e. The SMILES string of the molecule is C=C1C[C@H](CCC=O)OC1CC[C@H]1C[C@@H](C)C(=C)C(C[C@@H]2O[C@H](C[C@@H](CO[Si](C)(C)C(C)(C)C)O[Si](C)(C)C(C)(C)C)[C@H](OC)[C@H]2CC(=O)CC2CC[C@@H]3O[C@@H]([C@H](C=CI)O[Si](C)(C)C(C)(C)C)[C@@H](O[Si](C)(C)C(C)(C)C)[C@@H](O[Si](C)(C)C(C)(C)C)[C@H]3O2)O1. The molecule has 3 unspecified atom stereocenters. The molecule has 0 saturated carbocycles. The molecule has 5 rings (SSSR count). The maximum Gasteiger partial charge on any atom is 0.193 e. The highest BCUT2D eigenvalue weighted by Crippen LogP contribution is 2.50. The van der Waals surface area contributed by atoms with Crippen LogP contribution in [0.3, 0.4) is 0 Å². The van der Waals surface area contributed by atoms with Gasteiger partial charge in [-0.1, -0.05) is 147 Å². The zero-order valence-electron chi connectivity index (χ0n) is 61.3. The summed E-state index contributed by atoms with van der Waals surface area (Å²) in [6.07, 6.45) is 5.88. The average molecular weight is 1450 g/mol. The van der Waals surface area contributed by atoms with Crippen LogP contribution in [-0.2, 0) is 60.1 Å². The van der Waals surface area contributed by atoms with Crippen LogP contribution in [0, 0.1) is 11.8 Å². The number of carbonyl (C=O) groups excluding carboxylic acids is 2. The number of ketones is 1. The van der Waals surface area contributed by atoms with Crippen LogP contribution in [0.5, 0.6) is 0 Å². The Balaban J connectivity index is 1.51. The summed E-state index contributed by atoms with van der Waals surface area (Å²) in [6.45, 7) is 69.2. The molecule has 0 radical (unpaired) electrons. The van der Waals surface area contributed by atoms with E-state index in [2.05, 4.69) is 222 Å². The normalized spacial score (nSPS) is 31.8. The molecule has 89 heavy (non-hydrogen) atoms. The zero-order valence-corrected chi connectivity index (χ0v) is 68.5. The quantitative estimate of drug-likeness (QED) is 0.0318. The second-order valence-electron chi connectivity index (χ2n) is 35.2. The number of rotatable bonds is 28. The monoisotopic (exact) mass is 1450 g/mol. The van der Waals surface area contributed by atoms with Crippen LogP contribution in [0.2, 0.25) is 90.7 Å². The van der Waals surface area contributed by atoms with Gasteiger partial charge in [0, 0.05) is 45.1 Å². The van der Waals surface area contributed by atoms with Crippen molar-refractivity contribution in [2.24, 2.45) is 11.8 Å². The van der Waals surface area contributed by atoms with Crippen molar-refractivity contribution in [3.8, 4) is 0 Å². The molecular formula is C70H131IO13Si5. The molecule has 0 bridgehead atoms. The van der Waals surface area contributed by atoms with Crippen LogP contribution >= 0.6 is 22.6 Å². The van der Waals surface area contributed by atoms with Crippen molar-refractivity contribution in [1.29, 1.82) is 0 Å². The lowest BCUT2D eigenvalue weighted by molar-refractivity contribution is -0.266. The van der Waals surface area contributed by atoms with Gasteiger partial charge in [-0.15, -0.1) is 0 Å². The van der Waals surface area contributed by atoms with Gasteiger partial charge in [0.1, 0.15) is 36.5 Å². The second kappa shape index (κ2) is 30.8. The Morgan fingerprint density at radius 3 is 1.72 bits per heavy atom. The van der Waals surface area contributed by atoms with Crippen LogP contribution in [0.15, 0.2) is 34.5 Å². The van der Waals surface area contributed by atoms with E-state index in [4.69, 9.17) is 50.6 Å². The Morgan fingerprint density at radius 1 is 0.629 bits per heavy atom. The fourth-order valence-corrected chi connectivity index (χ4v) is 18.8. The molecule has 17 atom stereocenters. The summed E-state index contributed by atoms with van der Waals surface area (Å²) in [7, 11) is -10.0. The summed E-state index contributed by atoms with van der Waals surface area (Å²) in [5.74, 6) is 0.0514. The van der Waals surface area contributed by atoms with Crippen molar-refractivity contribution in [2.45, 2.75) is 370 Å². The molecule has 13 nitrogen and oxygen atoms in total. The Labute approximate surface area is 562 Å². The number of fused-ring (bicyclic) bond motifs is 1. The predicted molar refractivity (Wildman–Crippen MR) is 386 cm³/mol. The average Bonchev–Trinajstić information content (AvgIpc) is 1.32. The molecule has 0 aliphatic carbocycles. The minimum absolute atomic E-state index is 0.0158.